The van der Waals surface area contributed by atoms with Crippen molar-refractivity contribution in [1.29, 1.82) is 0 Å². The molecule has 1 aliphatic rings. The largest absolute Gasteiger partial charge is 0.475 e. The van der Waals surface area contributed by atoms with Gasteiger partial charge in [0, 0.05) is 19.8 Å². The number of phosphoric ester groups is 1. The third-order valence-electron chi connectivity index (χ3n) is 8.17. The van der Waals surface area contributed by atoms with Crippen molar-refractivity contribution >= 4 is 48.7 Å². The van der Waals surface area contributed by atoms with Crippen LogP contribution in [0.5, 0.6) is 0 Å². The lowest BCUT2D eigenvalue weighted by molar-refractivity contribution is -0.870. The minimum atomic E-state index is -4.60. The van der Waals surface area contributed by atoms with E-state index >= 15 is 0 Å². The van der Waals surface area contributed by atoms with Crippen molar-refractivity contribution in [3.8, 4) is 0 Å². The van der Waals surface area contributed by atoms with Gasteiger partial charge in [-0.15, -0.1) is 6.58 Å². The summed E-state index contributed by atoms with van der Waals surface area (Å²) in [5.41, 5.74) is 7.36. The second kappa shape index (κ2) is 20.8. The van der Waals surface area contributed by atoms with Gasteiger partial charge in [0.1, 0.15) is 62.1 Å². The molecule has 57 heavy (non-hydrogen) atoms. The number of esters is 2. The maximum Gasteiger partial charge on any atom is 0.475 e. The van der Waals surface area contributed by atoms with Crippen LogP contribution in [0.25, 0.3) is 11.2 Å². The number of nitrogens with two attached hydrogens (primary N) is 1. The Morgan fingerprint density at radius 3 is 2.44 bits per heavy atom. The summed E-state index contributed by atoms with van der Waals surface area (Å²) in [5, 5.41) is 4.97. The number of phosphoric acid groups is 1. The van der Waals surface area contributed by atoms with Crippen molar-refractivity contribution in [3.63, 3.8) is 0 Å². The molecule has 310 valence electrons. The molecule has 0 radical (unpaired) electrons. The molecule has 6 atom stereocenters. The maximum absolute atomic E-state index is 14.0. The van der Waals surface area contributed by atoms with Gasteiger partial charge in [-0.3, -0.25) is 27.7 Å². The van der Waals surface area contributed by atoms with E-state index in [1.165, 1.54) is 31.7 Å². The van der Waals surface area contributed by atoms with Crippen LogP contribution in [0, 0.1) is 0 Å². The van der Waals surface area contributed by atoms with E-state index < -0.39 is 75.5 Å². The number of ether oxygens (including phenoxy) is 4. The Morgan fingerprint density at radius 2 is 1.75 bits per heavy atom. The topological polar surface area (TPSA) is 244 Å². The number of nitrogens with one attached hydrogen (secondary N) is 2. The number of anilines is 1. The molecule has 1 fully saturated rings. The number of hydrogen-bond acceptors (Lipinski definition) is 16. The SMILES string of the molecule is C=CCOC(=O)N[C@@H](COP(=O)(OCC=C)OC[C@H]1O[C@@H](n2cnc3c(N)ncnc32)C[C@@H]1OC(C)=O)C(=O)N[C@@H](Cc1ccccc1)C(=O)OCC[N+](C)(C)C. The number of fused-ring (bicyclic) bond motifs is 1. The Morgan fingerprint density at radius 1 is 1.02 bits per heavy atom. The Hall–Kier alpha value is -5.24. The van der Waals surface area contributed by atoms with E-state index in [0.717, 1.165) is 5.56 Å². The summed E-state index contributed by atoms with van der Waals surface area (Å²) < 4.78 is 55.1. The molecule has 4 rings (SSSR count). The lowest BCUT2D eigenvalue weighted by Gasteiger charge is -2.26. The number of benzene rings is 1. The summed E-state index contributed by atoms with van der Waals surface area (Å²) in [7, 11) is 1.21. The molecule has 0 spiro atoms. The Kier molecular flexibility index (Phi) is 16.2. The third kappa shape index (κ3) is 13.7. The van der Waals surface area contributed by atoms with E-state index in [0.29, 0.717) is 22.2 Å². The number of imidazole rings is 1. The average molecular weight is 818 g/mol. The molecular formula is C36H50N8O12P+. The number of carbonyl (C=O) groups excluding carboxylic acids is 4. The van der Waals surface area contributed by atoms with Crippen LogP contribution in [0.3, 0.4) is 0 Å². The van der Waals surface area contributed by atoms with E-state index in [2.05, 4.69) is 38.7 Å². The molecule has 20 nitrogen and oxygen atoms in total. The zero-order valence-electron chi connectivity index (χ0n) is 32.3. The summed E-state index contributed by atoms with van der Waals surface area (Å²) in [4.78, 5) is 64.3. The minimum Gasteiger partial charge on any atom is -0.460 e. The Balaban J connectivity index is 1.52. The fourth-order valence-electron chi connectivity index (χ4n) is 5.36. The highest BCUT2D eigenvalue weighted by Crippen LogP contribution is 2.50. The Labute approximate surface area is 329 Å². The number of rotatable bonds is 22. The van der Waals surface area contributed by atoms with Crippen LogP contribution in [0.1, 0.15) is 25.1 Å². The van der Waals surface area contributed by atoms with Crippen molar-refractivity contribution in [2.45, 2.75) is 50.3 Å². The van der Waals surface area contributed by atoms with Crippen molar-refractivity contribution in [2.75, 3.05) is 66.5 Å². The van der Waals surface area contributed by atoms with Crippen LogP contribution >= 0.6 is 7.82 Å². The van der Waals surface area contributed by atoms with Crippen LogP contribution in [0.15, 0.2) is 68.3 Å². The van der Waals surface area contributed by atoms with Gasteiger partial charge in [-0.2, -0.15) is 0 Å². The van der Waals surface area contributed by atoms with Crippen LogP contribution in [-0.4, -0.2) is 133 Å². The van der Waals surface area contributed by atoms with E-state index in [4.69, 9.17) is 38.3 Å². The molecule has 0 bridgehead atoms. The second-order valence-electron chi connectivity index (χ2n) is 13.7. The van der Waals surface area contributed by atoms with Gasteiger partial charge in [0.05, 0.1) is 47.3 Å². The predicted molar refractivity (Wildman–Crippen MR) is 204 cm³/mol. The van der Waals surface area contributed by atoms with Gasteiger partial charge in [-0.25, -0.2) is 29.1 Å². The number of amides is 2. The molecular weight excluding hydrogens is 767 g/mol. The van der Waals surface area contributed by atoms with Crippen LogP contribution in [-0.2, 0) is 57.9 Å². The first-order valence-electron chi connectivity index (χ1n) is 17.9. The lowest BCUT2D eigenvalue weighted by Crippen LogP contribution is -2.54. The zero-order valence-corrected chi connectivity index (χ0v) is 33.2. The number of nitrogen functional groups attached to an aromatic ring is 1. The standard InChI is InChI=1S/C36H49N8O12P/c1-7-15-51-36(48)42-27(34(46)41-26(18-25-12-10-9-11-13-25)35(47)50-17-14-44(4,5)6)20-53-57(49,52-16-8-2)54-21-29-28(55-24(3)45)19-30(56-29)43-23-40-31-32(37)38-22-39-33(31)43/h7-13,22-23,26-30H,1-2,14-21H2,3-6H3,(H3-,37,38,39,41,42,46,48)/p+1/t26-,27-,28-,29+,30+,57?/m0/s1. The fourth-order valence-corrected chi connectivity index (χ4v) is 6.54. The summed E-state index contributed by atoms with van der Waals surface area (Å²) in [6, 6.07) is 6.12. The lowest BCUT2D eigenvalue weighted by atomic mass is 10.1. The van der Waals surface area contributed by atoms with Crippen molar-refractivity contribution in [1.82, 2.24) is 30.2 Å². The maximum atomic E-state index is 14.0. The predicted octanol–water partition coefficient (Wildman–Crippen LogP) is 2.23. The van der Waals surface area contributed by atoms with Crippen molar-refractivity contribution in [3.05, 3.63) is 73.9 Å². The van der Waals surface area contributed by atoms with Crippen molar-refractivity contribution in [2.24, 2.45) is 0 Å². The molecule has 21 heteroatoms. The van der Waals surface area contributed by atoms with Gasteiger partial charge >= 0.3 is 25.9 Å². The molecule has 4 N–H and O–H groups in total. The van der Waals surface area contributed by atoms with Crippen molar-refractivity contribution < 1.29 is 60.7 Å². The number of hydrogen-bond donors (Lipinski definition) is 3. The van der Waals surface area contributed by atoms with Gasteiger partial charge in [0.25, 0.3) is 0 Å². The normalized spacial score (nSPS) is 18.8. The highest BCUT2D eigenvalue weighted by Gasteiger charge is 2.42. The molecule has 2 aromatic heterocycles. The number of alkyl carbamates (subject to hydrolysis) is 1. The highest BCUT2D eigenvalue weighted by molar-refractivity contribution is 7.48. The zero-order chi connectivity index (χ0) is 41.6. The summed E-state index contributed by atoms with van der Waals surface area (Å²) >= 11 is 0. The average Bonchev–Trinajstić information content (AvgIpc) is 3.78. The molecule has 1 unspecified atom stereocenters. The van der Waals surface area contributed by atoms with Gasteiger partial charge in [0.2, 0.25) is 5.91 Å². The number of likely N-dealkylation sites (N-methyl/N-ethyl adjacent to an activating group) is 1. The van der Waals surface area contributed by atoms with E-state index in [1.54, 1.807) is 34.9 Å². The number of nitrogens with zero attached hydrogens (tertiary/aromatic N) is 5. The monoisotopic (exact) mass is 817 g/mol. The molecule has 1 saturated heterocycles. The van der Waals surface area contributed by atoms with E-state index in [9.17, 15) is 23.7 Å². The molecule has 3 heterocycles. The molecule has 1 aliphatic heterocycles. The molecule has 1 aromatic carbocycles. The quantitative estimate of drug-likeness (QED) is 0.0433. The smallest absolute Gasteiger partial charge is 0.460 e. The first-order chi connectivity index (χ1) is 27.1. The van der Waals surface area contributed by atoms with Gasteiger partial charge in [0.15, 0.2) is 11.5 Å². The highest BCUT2D eigenvalue weighted by atomic mass is 31.2. The first kappa shape index (κ1) is 44.5. The molecule has 2 amide bonds. The van der Waals surface area contributed by atoms with Gasteiger partial charge in [-0.05, 0) is 5.56 Å². The summed E-state index contributed by atoms with van der Waals surface area (Å²) in [6.07, 6.45) is 1.79. The first-order valence-corrected chi connectivity index (χ1v) is 19.3. The minimum absolute atomic E-state index is 0.0510. The number of carbonyl (C=O) groups is 4. The van der Waals surface area contributed by atoms with E-state index in [-0.39, 0.29) is 38.5 Å². The fraction of sp³-hybridized carbons (Fsp3) is 0.472. The molecule has 0 aliphatic carbocycles. The van der Waals surface area contributed by atoms with E-state index in [1.807, 2.05) is 21.1 Å². The molecule has 0 saturated carbocycles. The van der Waals surface area contributed by atoms with Crippen LogP contribution < -0.4 is 16.4 Å². The van der Waals surface area contributed by atoms with Gasteiger partial charge in [-0.1, -0.05) is 49.1 Å². The number of quaternary nitrogens is 1. The molecule has 3 aromatic rings. The van der Waals surface area contributed by atoms with Crippen LogP contribution in [0.2, 0.25) is 0 Å². The Bertz CT molecular complexity index is 1910. The third-order valence-corrected chi connectivity index (χ3v) is 9.57. The summed E-state index contributed by atoms with van der Waals surface area (Å²) in [6.45, 7) is 7.08. The van der Waals surface area contributed by atoms with Gasteiger partial charge < -0.3 is 39.8 Å². The summed E-state index contributed by atoms with van der Waals surface area (Å²) in [5.74, 6) is -2.07. The second-order valence-corrected chi connectivity index (χ2v) is 15.4. The number of aromatic nitrogens is 4. The van der Waals surface area contributed by atoms with Crippen LogP contribution in [0.4, 0.5) is 10.6 Å².